The molecule has 2 aliphatic rings. The normalized spacial score (nSPS) is 19.0. The lowest BCUT2D eigenvalue weighted by Crippen LogP contribution is -2.31. The smallest absolute Gasteiger partial charge is 0.216 e. The molecule has 120 valence electrons. The zero-order valence-corrected chi connectivity index (χ0v) is 14.9. The highest BCUT2D eigenvalue weighted by Gasteiger charge is 2.39. The van der Waals surface area contributed by atoms with Crippen LogP contribution < -0.4 is 9.75 Å². The highest BCUT2D eigenvalue weighted by molar-refractivity contribution is 8.07. The van der Waals surface area contributed by atoms with E-state index < -0.39 is 0 Å². The molecule has 0 amide bonds. The lowest BCUT2D eigenvalue weighted by atomic mass is 10.1. The number of ether oxygens (including phenoxy) is 1. The Hall–Kier alpha value is -1.60. The Labute approximate surface area is 144 Å². The number of benzene rings is 1. The molecule has 0 saturated heterocycles. The summed E-state index contributed by atoms with van der Waals surface area (Å²) in [5, 5.41) is 15.7. The minimum atomic E-state index is 0.214. The molecule has 7 heteroatoms. The van der Waals surface area contributed by atoms with Crippen LogP contribution in [0.2, 0.25) is 0 Å². The van der Waals surface area contributed by atoms with Crippen molar-refractivity contribution in [3.63, 3.8) is 0 Å². The molecule has 2 aromatic rings. The van der Waals surface area contributed by atoms with E-state index in [9.17, 15) is 0 Å². The number of nitrogens with zero attached hydrogens (tertiary/aromatic N) is 4. The quantitative estimate of drug-likeness (QED) is 0.839. The fraction of sp³-hybridized carbons (Fsp3) is 0.375. The van der Waals surface area contributed by atoms with Gasteiger partial charge in [-0.2, -0.15) is 0 Å². The van der Waals surface area contributed by atoms with Crippen molar-refractivity contribution in [1.29, 1.82) is 0 Å². The van der Waals surface area contributed by atoms with Gasteiger partial charge in [0.2, 0.25) is 5.16 Å². The summed E-state index contributed by atoms with van der Waals surface area (Å²) in [7, 11) is 1.69. The fourth-order valence-electron chi connectivity index (χ4n) is 2.77. The summed E-state index contributed by atoms with van der Waals surface area (Å²) in [6.45, 7) is 4.42. The van der Waals surface area contributed by atoms with Crippen molar-refractivity contribution in [3.05, 3.63) is 46.1 Å². The van der Waals surface area contributed by atoms with Gasteiger partial charge in [0.05, 0.1) is 7.11 Å². The molecular weight excluding hydrogens is 328 g/mol. The first-order valence-electron chi connectivity index (χ1n) is 7.58. The van der Waals surface area contributed by atoms with E-state index in [0.717, 1.165) is 23.2 Å². The van der Waals surface area contributed by atoms with Crippen LogP contribution in [0.25, 0.3) is 0 Å². The molecule has 0 radical (unpaired) electrons. The number of aromatic nitrogens is 3. The lowest BCUT2D eigenvalue weighted by Gasteiger charge is -2.26. The summed E-state index contributed by atoms with van der Waals surface area (Å²) < 4.78 is 7.45. The standard InChI is InChI=1S/C16H18N4OS2/c1-10(2)8-13-17-18-16-19(13)20-14(23-16)9-22-15(20)11-4-6-12(21-3)7-5-11/h4-7,9-10,15H,8H2,1-3H3. The Balaban J connectivity index is 1.69. The van der Waals surface area contributed by atoms with Crippen LogP contribution in [0.5, 0.6) is 5.75 Å². The zero-order valence-electron chi connectivity index (χ0n) is 13.3. The van der Waals surface area contributed by atoms with Crippen LogP contribution in [0.3, 0.4) is 0 Å². The Kier molecular flexibility index (Phi) is 3.77. The topological polar surface area (TPSA) is 43.2 Å². The third-order valence-electron chi connectivity index (χ3n) is 3.83. The van der Waals surface area contributed by atoms with Gasteiger partial charge < -0.3 is 4.74 Å². The first-order valence-corrected chi connectivity index (χ1v) is 9.34. The summed E-state index contributed by atoms with van der Waals surface area (Å²) in [5.41, 5.74) is 1.25. The number of rotatable bonds is 4. The van der Waals surface area contributed by atoms with E-state index in [1.807, 2.05) is 23.9 Å². The molecule has 0 aliphatic carbocycles. The van der Waals surface area contributed by atoms with E-state index in [4.69, 9.17) is 4.74 Å². The van der Waals surface area contributed by atoms with Gasteiger partial charge in [-0.05, 0) is 35.4 Å². The molecule has 0 N–H and O–H groups in total. The van der Waals surface area contributed by atoms with Gasteiger partial charge in [-0.3, -0.25) is 5.01 Å². The summed E-state index contributed by atoms with van der Waals surface area (Å²) >= 11 is 3.51. The van der Waals surface area contributed by atoms with E-state index in [1.54, 1.807) is 18.9 Å². The molecule has 5 nitrogen and oxygen atoms in total. The Bertz CT molecular complexity index is 754. The van der Waals surface area contributed by atoms with Gasteiger partial charge in [-0.1, -0.05) is 37.7 Å². The maximum Gasteiger partial charge on any atom is 0.216 e. The average Bonchev–Trinajstić information content (AvgIpc) is 3.19. The number of hydrogen-bond donors (Lipinski definition) is 0. The van der Waals surface area contributed by atoms with Crippen molar-refractivity contribution in [1.82, 2.24) is 14.9 Å². The molecule has 0 spiro atoms. The van der Waals surface area contributed by atoms with Crippen LogP contribution in [0.1, 0.15) is 30.6 Å². The van der Waals surface area contributed by atoms with Crippen LogP contribution in [0.4, 0.5) is 0 Å². The average molecular weight is 346 g/mol. The zero-order chi connectivity index (χ0) is 16.0. The first kappa shape index (κ1) is 15.0. The maximum atomic E-state index is 5.26. The minimum Gasteiger partial charge on any atom is -0.497 e. The van der Waals surface area contributed by atoms with Gasteiger partial charge in [0.15, 0.2) is 5.82 Å². The van der Waals surface area contributed by atoms with Gasteiger partial charge in [-0.25, -0.2) is 4.68 Å². The van der Waals surface area contributed by atoms with Gasteiger partial charge in [-0.15, -0.1) is 10.2 Å². The SMILES string of the molecule is COc1ccc(C2SC=C3Sc4nnc(CC(C)C)n4N32)cc1. The second-order valence-electron chi connectivity index (χ2n) is 5.97. The van der Waals surface area contributed by atoms with Crippen LogP contribution in [-0.2, 0) is 6.42 Å². The molecule has 3 heterocycles. The molecule has 1 aromatic carbocycles. The summed E-state index contributed by atoms with van der Waals surface area (Å²) in [6.07, 6.45) is 0.928. The molecule has 1 atom stereocenters. The van der Waals surface area contributed by atoms with Crippen molar-refractivity contribution in [2.24, 2.45) is 5.92 Å². The van der Waals surface area contributed by atoms with Gasteiger partial charge in [0, 0.05) is 11.8 Å². The molecule has 1 aromatic heterocycles. The summed E-state index contributed by atoms with van der Waals surface area (Å²) in [5.74, 6) is 2.47. The van der Waals surface area contributed by atoms with Crippen molar-refractivity contribution >= 4 is 23.5 Å². The van der Waals surface area contributed by atoms with Gasteiger partial charge in [0.1, 0.15) is 16.2 Å². The predicted molar refractivity (Wildman–Crippen MR) is 94.0 cm³/mol. The van der Waals surface area contributed by atoms with E-state index in [-0.39, 0.29) is 5.37 Å². The van der Waals surface area contributed by atoms with E-state index in [2.05, 4.69) is 51.3 Å². The molecule has 0 saturated carbocycles. The molecule has 0 fully saturated rings. The van der Waals surface area contributed by atoms with Crippen molar-refractivity contribution in [2.75, 3.05) is 12.1 Å². The highest BCUT2D eigenvalue weighted by Crippen LogP contribution is 2.51. The van der Waals surface area contributed by atoms with Crippen molar-refractivity contribution in [3.8, 4) is 5.75 Å². The number of hydrogen-bond acceptors (Lipinski definition) is 6. The van der Waals surface area contributed by atoms with Crippen molar-refractivity contribution < 1.29 is 4.74 Å². The van der Waals surface area contributed by atoms with Crippen LogP contribution in [0, 0.1) is 5.92 Å². The summed E-state index contributed by atoms with van der Waals surface area (Å²) in [4.78, 5) is 0. The second-order valence-corrected chi connectivity index (χ2v) is 7.91. The maximum absolute atomic E-state index is 5.26. The molecule has 2 aliphatic heterocycles. The van der Waals surface area contributed by atoms with Crippen molar-refractivity contribution in [2.45, 2.75) is 30.8 Å². The molecular formula is C16H18N4OS2. The molecule has 0 bridgehead atoms. The third kappa shape index (κ3) is 2.52. The Morgan fingerprint density at radius 2 is 2.00 bits per heavy atom. The highest BCUT2D eigenvalue weighted by atomic mass is 32.2. The van der Waals surface area contributed by atoms with Gasteiger partial charge >= 0.3 is 0 Å². The number of fused-ring (bicyclic) bond motifs is 3. The predicted octanol–water partition coefficient (Wildman–Crippen LogP) is 3.77. The molecule has 4 rings (SSSR count). The third-order valence-corrected chi connectivity index (χ3v) is 6.01. The number of methoxy groups -OCH3 is 1. The van der Waals surface area contributed by atoms with E-state index >= 15 is 0 Å². The van der Waals surface area contributed by atoms with Crippen LogP contribution in [0.15, 0.2) is 39.9 Å². The van der Waals surface area contributed by atoms with Crippen LogP contribution in [-0.4, -0.2) is 22.0 Å². The van der Waals surface area contributed by atoms with E-state index in [1.165, 1.54) is 10.6 Å². The Morgan fingerprint density at radius 3 is 2.70 bits per heavy atom. The number of thioether (sulfide) groups is 2. The minimum absolute atomic E-state index is 0.214. The largest absolute Gasteiger partial charge is 0.497 e. The van der Waals surface area contributed by atoms with E-state index in [0.29, 0.717) is 5.92 Å². The summed E-state index contributed by atoms with van der Waals surface area (Å²) in [6, 6.07) is 8.28. The Morgan fingerprint density at radius 1 is 1.22 bits per heavy atom. The monoisotopic (exact) mass is 346 g/mol. The lowest BCUT2D eigenvalue weighted by molar-refractivity contribution is 0.414. The first-order chi connectivity index (χ1) is 11.2. The van der Waals surface area contributed by atoms with Crippen LogP contribution >= 0.6 is 23.5 Å². The molecule has 1 unspecified atom stereocenters. The fourth-order valence-corrected chi connectivity index (χ4v) is 5.02. The van der Waals surface area contributed by atoms with Gasteiger partial charge in [0.25, 0.3) is 0 Å². The molecule has 23 heavy (non-hydrogen) atoms. The second kappa shape index (κ2) is 5.79.